The van der Waals surface area contributed by atoms with Gasteiger partial charge in [-0.25, -0.2) is 0 Å². The third-order valence-corrected chi connectivity index (χ3v) is 16.5. The number of aliphatic hydroxyl groups is 1. The second-order valence-electron chi connectivity index (χ2n) is 20.5. The minimum atomic E-state index is -0.806. The molecule has 0 saturated carbocycles. The number of hydrazine groups is 1. The SMILES string of the molecule is C[C@@]1(O)CC/C=C\CN2C(=O)C3CNC(Nc4ccc(N5CCC(N6CCC(N7CCN(c8ccc9c(c8)CN(C8CCC(=O)NC8=O)C9=O)CC7)C6)CC5)cc4)NC3N2C2CCCC1N2. The Balaban J connectivity index is 0.637. The van der Waals surface area contributed by atoms with E-state index in [-0.39, 0.29) is 60.6 Å². The van der Waals surface area contributed by atoms with E-state index in [2.05, 4.69) is 99.7 Å². The molecule has 6 N–H and O–H groups in total. The minimum Gasteiger partial charge on any atom is -0.389 e. The van der Waals surface area contributed by atoms with E-state index in [9.17, 15) is 24.3 Å². The molecule has 2 aromatic carbocycles. The molecule has 4 amide bonds. The number of benzene rings is 2. The predicted molar refractivity (Wildman–Crippen MR) is 251 cm³/mol. The van der Waals surface area contributed by atoms with Gasteiger partial charge in [-0.05, 0) is 113 Å². The Kier molecular flexibility index (Phi) is 12.1. The third kappa shape index (κ3) is 8.49. The number of likely N-dealkylation sites (tertiary alicyclic amines) is 1. The number of piperidine rings is 3. The highest BCUT2D eigenvalue weighted by atomic mass is 16.3. The number of rotatable bonds is 7. The van der Waals surface area contributed by atoms with Crippen LogP contribution in [0.4, 0.5) is 17.1 Å². The van der Waals surface area contributed by atoms with Crippen molar-refractivity contribution in [2.75, 3.05) is 80.6 Å². The molecule has 11 rings (SSSR count). The molecule has 7 unspecified atom stereocenters. The first-order valence-electron chi connectivity index (χ1n) is 24.9. The van der Waals surface area contributed by atoms with Gasteiger partial charge in [0.2, 0.25) is 17.7 Å². The summed E-state index contributed by atoms with van der Waals surface area (Å²) >= 11 is 0. The first-order chi connectivity index (χ1) is 32.1. The zero-order valence-electron chi connectivity index (χ0n) is 38.4. The molecule has 17 heteroatoms. The van der Waals surface area contributed by atoms with E-state index >= 15 is 0 Å². The summed E-state index contributed by atoms with van der Waals surface area (Å²) in [7, 11) is 0. The van der Waals surface area contributed by atoms with Crippen LogP contribution >= 0.6 is 0 Å². The van der Waals surface area contributed by atoms with Gasteiger partial charge in [0, 0.05) is 113 Å². The predicted octanol–water partition coefficient (Wildman–Crippen LogP) is 1.77. The van der Waals surface area contributed by atoms with Crippen molar-refractivity contribution in [1.82, 2.24) is 46.0 Å². The number of carbonyl (C=O) groups excluding carboxylic acids is 4. The van der Waals surface area contributed by atoms with Crippen LogP contribution < -0.4 is 36.4 Å². The van der Waals surface area contributed by atoms with Crippen LogP contribution in [-0.4, -0.2) is 167 Å². The van der Waals surface area contributed by atoms with E-state index in [1.807, 2.05) is 18.0 Å². The first kappa shape index (κ1) is 43.9. The summed E-state index contributed by atoms with van der Waals surface area (Å²) in [4.78, 5) is 63.3. The third-order valence-electron chi connectivity index (χ3n) is 16.5. The van der Waals surface area contributed by atoms with Crippen molar-refractivity contribution in [2.24, 2.45) is 5.92 Å². The maximum absolute atomic E-state index is 13.8. The summed E-state index contributed by atoms with van der Waals surface area (Å²) < 4.78 is 0. The fraction of sp³-hybridized carbons (Fsp3) is 0.633. The number of fused-ring (bicyclic) bond motifs is 7. The fourth-order valence-electron chi connectivity index (χ4n) is 12.7. The lowest BCUT2D eigenvalue weighted by atomic mass is 9.85. The lowest BCUT2D eigenvalue weighted by Gasteiger charge is -2.47. The minimum absolute atomic E-state index is 0.0173. The van der Waals surface area contributed by atoms with Gasteiger partial charge in [-0.3, -0.25) is 55.3 Å². The van der Waals surface area contributed by atoms with Crippen molar-refractivity contribution in [3.05, 3.63) is 65.7 Å². The molecule has 9 aliphatic heterocycles. The first-order valence-corrected chi connectivity index (χ1v) is 24.9. The molecular weight excluding hydrogens is 837 g/mol. The van der Waals surface area contributed by atoms with Crippen LogP contribution in [0.1, 0.15) is 87.1 Å². The lowest BCUT2D eigenvalue weighted by Crippen LogP contribution is -2.69. The second-order valence-corrected chi connectivity index (χ2v) is 20.5. The van der Waals surface area contributed by atoms with Gasteiger partial charge < -0.3 is 25.1 Å². The van der Waals surface area contributed by atoms with E-state index in [4.69, 9.17) is 0 Å². The average Bonchev–Trinajstić information content (AvgIpc) is 4.03. The molecule has 0 radical (unpaired) electrons. The second kappa shape index (κ2) is 18.1. The number of allylic oxidation sites excluding steroid dienone is 1. The van der Waals surface area contributed by atoms with Crippen molar-refractivity contribution >= 4 is 40.7 Å². The van der Waals surface area contributed by atoms with Gasteiger partial charge in [-0.2, -0.15) is 5.01 Å². The molecule has 0 spiro atoms. The topological polar surface area (TPSA) is 171 Å². The van der Waals surface area contributed by atoms with Gasteiger partial charge in [0.1, 0.15) is 12.3 Å². The van der Waals surface area contributed by atoms with Crippen molar-refractivity contribution in [2.45, 2.75) is 126 Å². The number of amides is 4. The summed E-state index contributed by atoms with van der Waals surface area (Å²) in [6.45, 7) is 11.8. The van der Waals surface area contributed by atoms with E-state index in [1.165, 1.54) is 12.1 Å². The Morgan fingerprint density at radius 2 is 1.56 bits per heavy atom. The molecule has 9 heterocycles. The molecule has 9 aliphatic rings. The number of carbonyl (C=O) groups is 4. The number of nitrogens with one attached hydrogen (secondary N) is 5. The summed E-state index contributed by atoms with van der Waals surface area (Å²) in [5.41, 5.74) is 4.23. The highest BCUT2D eigenvalue weighted by Gasteiger charge is 2.53. The van der Waals surface area contributed by atoms with Crippen LogP contribution in [0, 0.1) is 5.92 Å². The van der Waals surface area contributed by atoms with Crippen LogP contribution in [-0.2, 0) is 20.9 Å². The largest absolute Gasteiger partial charge is 0.389 e. The van der Waals surface area contributed by atoms with Gasteiger partial charge >= 0.3 is 0 Å². The lowest BCUT2D eigenvalue weighted by molar-refractivity contribution is -0.146. The smallest absolute Gasteiger partial charge is 0.255 e. The maximum Gasteiger partial charge on any atom is 0.255 e. The highest BCUT2D eigenvalue weighted by molar-refractivity contribution is 6.05. The summed E-state index contributed by atoms with van der Waals surface area (Å²) in [5.74, 6) is -0.821. The Hall–Kier alpha value is -4.62. The van der Waals surface area contributed by atoms with Gasteiger partial charge in [0.25, 0.3) is 5.91 Å². The van der Waals surface area contributed by atoms with Crippen LogP contribution in [0.2, 0.25) is 0 Å². The molecule has 354 valence electrons. The molecule has 7 saturated heterocycles. The number of piperazine rings is 1. The van der Waals surface area contributed by atoms with Gasteiger partial charge in [-0.15, -0.1) is 0 Å². The van der Waals surface area contributed by atoms with Crippen molar-refractivity contribution in [3.8, 4) is 0 Å². The number of hydrogen-bond acceptors (Lipinski definition) is 14. The van der Waals surface area contributed by atoms with Gasteiger partial charge in [-0.1, -0.05) is 12.2 Å². The standard InChI is InChI=1S/C49H68N12O5/c1-49(66)19-3-2-4-20-60-47(65)39-29-50-48(54-44(39)61(60)42-7-5-6-41(49)52-42)51-33-8-10-34(11-9-33)55-21-16-35(17-22-55)58-23-18-37(31-58)57-26-24-56(25-27-57)36-12-13-38-32(28-36)30-59(46(38)64)40-14-15-43(62)53-45(40)63/h2,4,8-13,28,35,37,39-42,44,48,50-52,54,66H,3,5-7,14-27,29-31H2,1H3,(H,53,62,63)/b4-2-/t37?,39?,40?,41?,42?,44?,48?,49-/m1/s1. The van der Waals surface area contributed by atoms with E-state index in [0.717, 1.165) is 108 Å². The molecule has 2 bridgehead atoms. The maximum atomic E-state index is 13.8. The normalized spacial score (nSPS) is 34.5. The van der Waals surface area contributed by atoms with E-state index in [0.29, 0.717) is 50.1 Å². The Labute approximate surface area is 388 Å². The van der Waals surface area contributed by atoms with Crippen LogP contribution in [0.15, 0.2) is 54.6 Å². The van der Waals surface area contributed by atoms with E-state index in [1.54, 1.807) is 4.90 Å². The molecule has 2 aromatic rings. The Morgan fingerprint density at radius 1 is 0.788 bits per heavy atom. The zero-order chi connectivity index (χ0) is 45.1. The molecule has 66 heavy (non-hydrogen) atoms. The van der Waals surface area contributed by atoms with Crippen LogP contribution in [0.5, 0.6) is 0 Å². The number of imide groups is 1. The van der Waals surface area contributed by atoms with Gasteiger partial charge in [0.05, 0.1) is 30.4 Å². The summed E-state index contributed by atoms with van der Waals surface area (Å²) in [5, 5.41) is 32.7. The summed E-state index contributed by atoms with van der Waals surface area (Å²) in [6.07, 6.45) is 12.3. The molecule has 17 nitrogen and oxygen atoms in total. The summed E-state index contributed by atoms with van der Waals surface area (Å²) in [6, 6.07) is 15.5. The highest BCUT2D eigenvalue weighted by Crippen LogP contribution is 2.36. The van der Waals surface area contributed by atoms with Gasteiger partial charge in [0.15, 0.2) is 0 Å². The number of nitrogens with zero attached hydrogens (tertiary/aromatic N) is 7. The van der Waals surface area contributed by atoms with Crippen molar-refractivity contribution < 1.29 is 24.3 Å². The number of hydrogen-bond donors (Lipinski definition) is 6. The molecular formula is C49H68N12O5. The molecule has 0 aromatic heterocycles. The quantitative estimate of drug-likeness (QED) is 0.176. The fourth-order valence-corrected chi connectivity index (χ4v) is 12.7. The Bertz CT molecular complexity index is 2190. The monoisotopic (exact) mass is 905 g/mol. The van der Waals surface area contributed by atoms with Crippen molar-refractivity contribution in [3.63, 3.8) is 0 Å². The van der Waals surface area contributed by atoms with Crippen LogP contribution in [0.25, 0.3) is 0 Å². The molecule has 8 atom stereocenters. The van der Waals surface area contributed by atoms with Crippen LogP contribution in [0.3, 0.4) is 0 Å². The molecule has 7 fully saturated rings. The van der Waals surface area contributed by atoms with Crippen molar-refractivity contribution in [1.29, 1.82) is 0 Å². The zero-order valence-corrected chi connectivity index (χ0v) is 38.4. The Morgan fingerprint density at radius 3 is 2.36 bits per heavy atom. The molecule has 0 aliphatic carbocycles. The average molecular weight is 905 g/mol. The number of anilines is 3. The van der Waals surface area contributed by atoms with E-state index < -0.39 is 11.6 Å².